The average Bonchev–Trinajstić information content (AvgIpc) is 2.43. The van der Waals surface area contributed by atoms with Gasteiger partial charge in [0.2, 0.25) is 0 Å². The van der Waals surface area contributed by atoms with Gasteiger partial charge < -0.3 is 5.11 Å². The number of carboxylic acid groups (broad SMARTS) is 1. The van der Waals surface area contributed by atoms with Gasteiger partial charge >= 0.3 is 11.7 Å². The number of nitrogens with zero attached hydrogens (tertiary/aromatic N) is 1. The van der Waals surface area contributed by atoms with Crippen LogP contribution in [0.1, 0.15) is 28.4 Å². The molecule has 0 saturated heterocycles. The van der Waals surface area contributed by atoms with Gasteiger partial charge in [-0.3, -0.25) is 14.3 Å². The van der Waals surface area contributed by atoms with Gasteiger partial charge in [-0.25, -0.2) is 14.0 Å². The molecular formula is C14H13FN2O4. The van der Waals surface area contributed by atoms with Crippen molar-refractivity contribution in [1.82, 2.24) is 9.55 Å². The molecule has 0 spiro atoms. The molecule has 0 unspecified atom stereocenters. The smallest absolute Gasteiger partial charge is 0.338 e. The molecule has 2 N–H and O–H groups in total. The number of halogens is 1. The molecule has 0 fully saturated rings. The van der Waals surface area contributed by atoms with E-state index in [0.717, 1.165) is 6.07 Å². The number of H-pyrrole nitrogens is 1. The van der Waals surface area contributed by atoms with Crippen LogP contribution in [0.15, 0.2) is 34.0 Å². The molecule has 0 aliphatic carbocycles. The summed E-state index contributed by atoms with van der Waals surface area (Å²) in [5.41, 5.74) is -0.608. The number of aromatic nitrogens is 2. The summed E-state index contributed by atoms with van der Waals surface area (Å²) in [6.07, 6.45) is 1.88. The molecule has 21 heavy (non-hydrogen) atoms. The lowest BCUT2D eigenvalue weighted by atomic mass is 10.1. The fourth-order valence-corrected chi connectivity index (χ4v) is 1.96. The summed E-state index contributed by atoms with van der Waals surface area (Å²) in [7, 11) is 0. The number of rotatable bonds is 4. The molecule has 2 aromatic rings. The lowest BCUT2D eigenvalue weighted by Gasteiger charge is -2.08. The highest BCUT2D eigenvalue weighted by molar-refractivity contribution is 5.88. The number of aryl methyl sites for hydroxylation is 1. The van der Waals surface area contributed by atoms with Crippen LogP contribution in [0, 0.1) is 5.82 Å². The van der Waals surface area contributed by atoms with Crippen molar-refractivity contribution in [2.45, 2.75) is 19.9 Å². The molecule has 7 heteroatoms. The van der Waals surface area contributed by atoms with E-state index in [0.29, 0.717) is 17.5 Å². The van der Waals surface area contributed by atoms with Gasteiger partial charge in [0.1, 0.15) is 5.82 Å². The van der Waals surface area contributed by atoms with Crippen molar-refractivity contribution in [3.05, 3.63) is 67.7 Å². The zero-order valence-corrected chi connectivity index (χ0v) is 11.2. The summed E-state index contributed by atoms with van der Waals surface area (Å²) < 4.78 is 14.6. The zero-order chi connectivity index (χ0) is 15.6. The Kier molecular flexibility index (Phi) is 4.02. The van der Waals surface area contributed by atoms with Gasteiger partial charge in [-0.15, -0.1) is 0 Å². The van der Waals surface area contributed by atoms with Crippen molar-refractivity contribution in [1.29, 1.82) is 0 Å². The standard InChI is InChI=1S/C14H13FN2O4/c1-2-9-7-17(14(21)16-12(9)18)6-8-3-4-11(15)10(5-8)13(19)20/h3-5,7H,2,6H2,1H3,(H,19,20)(H,16,18,21). The number of aromatic amines is 1. The van der Waals surface area contributed by atoms with E-state index >= 15 is 0 Å². The van der Waals surface area contributed by atoms with Crippen LogP contribution in [0.3, 0.4) is 0 Å². The number of nitrogens with one attached hydrogen (secondary N) is 1. The first-order chi connectivity index (χ1) is 9.92. The van der Waals surface area contributed by atoms with Crippen molar-refractivity contribution >= 4 is 5.97 Å². The number of benzene rings is 1. The predicted octanol–water partition coefficient (Wildman–Crippen LogP) is 0.985. The molecule has 0 saturated carbocycles. The monoisotopic (exact) mass is 292 g/mol. The second-order valence-corrected chi connectivity index (χ2v) is 4.51. The van der Waals surface area contributed by atoms with E-state index in [2.05, 4.69) is 4.98 Å². The second kappa shape index (κ2) is 5.74. The van der Waals surface area contributed by atoms with Gasteiger partial charge in [0.15, 0.2) is 0 Å². The summed E-state index contributed by atoms with van der Waals surface area (Å²) in [4.78, 5) is 36.3. The molecule has 0 amide bonds. The highest BCUT2D eigenvalue weighted by Gasteiger charge is 2.11. The molecule has 0 aliphatic rings. The van der Waals surface area contributed by atoms with E-state index in [1.165, 1.54) is 22.9 Å². The molecule has 0 bridgehead atoms. The van der Waals surface area contributed by atoms with Crippen molar-refractivity contribution in [3.63, 3.8) is 0 Å². The second-order valence-electron chi connectivity index (χ2n) is 4.51. The SMILES string of the molecule is CCc1cn(Cc2ccc(F)c(C(=O)O)c2)c(=O)[nH]c1=O. The molecule has 0 aliphatic heterocycles. The number of hydrogen-bond donors (Lipinski definition) is 2. The minimum Gasteiger partial charge on any atom is -0.478 e. The highest BCUT2D eigenvalue weighted by Crippen LogP contribution is 2.11. The van der Waals surface area contributed by atoms with E-state index < -0.39 is 28.6 Å². The fourth-order valence-electron chi connectivity index (χ4n) is 1.96. The average molecular weight is 292 g/mol. The molecule has 0 atom stereocenters. The molecule has 110 valence electrons. The Morgan fingerprint density at radius 2 is 2.10 bits per heavy atom. The highest BCUT2D eigenvalue weighted by atomic mass is 19.1. The molecule has 1 heterocycles. The van der Waals surface area contributed by atoms with E-state index in [9.17, 15) is 18.8 Å². The van der Waals surface area contributed by atoms with Crippen LogP contribution in [-0.2, 0) is 13.0 Å². The molecule has 6 nitrogen and oxygen atoms in total. The Morgan fingerprint density at radius 1 is 1.38 bits per heavy atom. The fraction of sp³-hybridized carbons (Fsp3) is 0.214. The van der Waals surface area contributed by atoms with E-state index in [4.69, 9.17) is 5.11 Å². The summed E-state index contributed by atoms with van der Waals surface area (Å²) >= 11 is 0. The number of hydrogen-bond acceptors (Lipinski definition) is 3. The molecule has 1 aromatic carbocycles. The first-order valence-corrected chi connectivity index (χ1v) is 6.26. The lowest BCUT2D eigenvalue weighted by Crippen LogP contribution is -2.31. The van der Waals surface area contributed by atoms with Crippen molar-refractivity contribution in [2.75, 3.05) is 0 Å². The van der Waals surface area contributed by atoms with Gasteiger partial charge in [-0.1, -0.05) is 13.0 Å². The maximum absolute atomic E-state index is 13.3. The maximum Gasteiger partial charge on any atom is 0.338 e. The summed E-state index contributed by atoms with van der Waals surface area (Å²) in [6, 6.07) is 3.60. The Bertz CT molecular complexity index is 807. The van der Waals surface area contributed by atoms with Crippen LogP contribution in [0.2, 0.25) is 0 Å². The number of carboxylic acids is 1. The van der Waals surface area contributed by atoms with Gasteiger partial charge in [0, 0.05) is 11.8 Å². The third-order valence-electron chi connectivity index (χ3n) is 3.08. The zero-order valence-electron chi connectivity index (χ0n) is 11.2. The minimum atomic E-state index is -1.38. The van der Waals surface area contributed by atoms with Crippen LogP contribution in [0.25, 0.3) is 0 Å². The third kappa shape index (κ3) is 3.07. The van der Waals surface area contributed by atoms with Gasteiger partial charge in [0.05, 0.1) is 12.1 Å². The minimum absolute atomic E-state index is 0.0448. The third-order valence-corrected chi connectivity index (χ3v) is 3.08. The van der Waals surface area contributed by atoms with E-state index in [1.807, 2.05) is 0 Å². The summed E-state index contributed by atoms with van der Waals surface area (Å²) in [6.45, 7) is 1.82. The molecule has 2 rings (SSSR count). The van der Waals surface area contributed by atoms with Crippen molar-refractivity contribution in [3.8, 4) is 0 Å². The van der Waals surface area contributed by atoms with Gasteiger partial charge in [-0.05, 0) is 24.1 Å². The Hall–Kier alpha value is -2.70. The van der Waals surface area contributed by atoms with Crippen LogP contribution < -0.4 is 11.2 Å². The van der Waals surface area contributed by atoms with Crippen LogP contribution in [0.4, 0.5) is 4.39 Å². The lowest BCUT2D eigenvalue weighted by molar-refractivity contribution is 0.0691. The normalized spacial score (nSPS) is 10.6. The first-order valence-electron chi connectivity index (χ1n) is 6.26. The Labute approximate surface area is 118 Å². The van der Waals surface area contributed by atoms with Crippen LogP contribution in [-0.4, -0.2) is 20.6 Å². The quantitative estimate of drug-likeness (QED) is 0.878. The van der Waals surface area contributed by atoms with Gasteiger partial charge in [0.25, 0.3) is 5.56 Å². The van der Waals surface area contributed by atoms with E-state index in [1.54, 1.807) is 6.92 Å². The van der Waals surface area contributed by atoms with Crippen molar-refractivity contribution in [2.24, 2.45) is 0 Å². The van der Waals surface area contributed by atoms with E-state index in [-0.39, 0.29) is 6.54 Å². The predicted molar refractivity (Wildman–Crippen MR) is 73.2 cm³/mol. The number of aromatic carboxylic acids is 1. The van der Waals surface area contributed by atoms with Crippen molar-refractivity contribution < 1.29 is 14.3 Å². The van der Waals surface area contributed by atoms with Crippen LogP contribution in [0.5, 0.6) is 0 Å². The summed E-state index contributed by atoms with van der Waals surface area (Å²) in [5.74, 6) is -2.22. The summed E-state index contributed by atoms with van der Waals surface area (Å²) in [5, 5.41) is 8.87. The largest absolute Gasteiger partial charge is 0.478 e. The Balaban J connectivity index is 2.43. The van der Waals surface area contributed by atoms with Gasteiger partial charge in [-0.2, -0.15) is 0 Å². The molecular weight excluding hydrogens is 279 g/mol. The Morgan fingerprint density at radius 3 is 2.71 bits per heavy atom. The number of carbonyl (C=O) groups is 1. The molecule has 0 radical (unpaired) electrons. The molecule has 1 aromatic heterocycles. The maximum atomic E-state index is 13.3. The van der Waals surface area contributed by atoms with Crippen LogP contribution >= 0.6 is 0 Å². The topological polar surface area (TPSA) is 92.2 Å². The first kappa shape index (κ1) is 14.7.